The van der Waals surface area contributed by atoms with Gasteiger partial charge in [0.25, 0.3) is 5.91 Å². The number of carbonyl (C=O) groups is 1. The number of carbonyl (C=O) groups excluding carboxylic acids is 1. The zero-order chi connectivity index (χ0) is 17.3. The molecule has 1 amide bonds. The van der Waals surface area contributed by atoms with E-state index in [0.29, 0.717) is 15.8 Å². The van der Waals surface area contributed by atoms with Gasteiger partial charge in [-0.15, -0.1) is 0 Å². The van der Waals surface area contributed by atoms with Crippen molar-refractivity contribution in [1.29, 1.82) is 0 Å². The van der Waals surface area contributed by atoms with Crippen molar-refractivity contribution in [2.75, 3.05) is 11.6 Å². The number of thiocarbonyl (C=S) groups is 1. The van der Waals surface area contributed by atoms with Gasteiger partial charge in [-0.25, -0.2) is 0 Å². The van der Waals surface area contributed by atoms with Gasteiger partial charge in [0, 0.05) is 11.4 Å². The van der Waals surface area contributed by atoms with Crippen molar-refractivity contribution in [3.63, 3.8) is 0 Å². The average molecular weight is 358 g/mol. The summed E-state index contributed by atoms with van der Waals surface area (Å²) in [5.74, 6) is 0.688. The van der Waals surface area contributed by atoms with Crippen LogP contribution >= 0.6 is 24.0 Å². The number of ether oxygens (including phenoxy) is 1. The lowest BCUT2D eigenvalue weighted by Crippen LogP contribution is -2.39. The second-order valence-corrected chi connectivity index (χ2v) is 7.10. The lowest BCUT2D eigenvalue weighted by atomic mass is 10.2. The monoisotopic (exact) mass is 358 g/mol. The smallest absolute Gasteiger partial charge is 0.285 e. The Labute approximate surface area is 151 Å². The van der Waals surface area contributed by atoms with E-state index < -0.39 is 0 Å². The largest absolute Gasteiger partial charge is 0.494 e. The third-order valence-electron chi connectivity index (χ3n) is 3.67. The van der Waals surface area contributed by atoms with Crippen molar-refractivity contribution in [3.05, 3.63) is 58.3 Å². The first-order valence-electron chi connectivity index (χ1n) is 7.67. The number of aromatic nitrogens is 1. The highest BCUT2D eigenvalue weighted by Gasteiger charge is 2.34. The molecule has 6 heteroatoms. The highest BCUT2D eigenvalue weighted by atomic mass is 32.2. The van der Waals surface area contributed by atoms with Crippen molar-refractivity contribution in [1.82, 2.24) is 4.68 Å². The summed E-state index contributed by atoms with van der Waals surface area (Å²) in [5.41, 5.74) is 2.87. The van der Waals surface area contributed by atoms with Crippen LogP contribution < -0.4 is 9.75 Å². The molecule has 2 heterocycles. The highest BCUT2D eigenvalue weighted by molar-refractivity contribution is 8.27. The summed E-state index contributed by atoms with van der Waals surface area (Å²) in [6.07, 6.45) is 1.86. The molecule has 1 aromatic heterocycles. The van der Waals surface area contributed by atoms with E-state index in [1.807, 2.05) is 67.9 Å². The molecule has 0 saturated carbocycles. The zero-order valence-corrected chi connectivity index (χ0v) is 15.4. The van der Waals surface area contributed by atoms with E-state index in [2.05, 4.69) is 0 Å². The first kappa shape index (κ1) is 16.8. The van der Waals surface area contributed by atoms with E-state index in [0.717, 1.165) is 22.7 Å². The molecular formula is C18H18N2O2S2. The van der Waals surface area contributed by atoms with Crippen LogP contribution in [0.1, 0.15) is 23.9 Å². The van der Waals surface area contributed by atoms with Gasteiger partial charge in [-0.3, -0.25) is 9.47 Å². The standard InChI is InChI=1S/C18H18N2O2S2/c1-4-22-15-7-5-6-14(10-15)11-16-17(21)20(18(23)24-16)19-12(2)8-9-13(19)3/h5-11H,4H2,1-3H3/b16-11-. The maximum atomic E-state index is 12.8. The van der Waals surface area contributed by atoms with E-state index in [1.165, 1.54) is 11.8 Å². The molecule has 24 heavy (non-hydrogen) atoms. The van der Waals surface area contributed by atoms with E-state index in [1.54, 1.807) is 5.01 Å². The molecule has 3 rings (SSSR count). The Bertz CT molecular complexity index is 820. The molecule has 1 aromatic carbocycles. The number of amides is 1. The van der Waals surface area contributed by atoms with Gasteiger partial charge in [0.15, 0.2) is 4.32 Å². The van der Waals surface area contributed by atoms with Gasteiger partial charge in [0.05, 0.1) is 11.5 Å². The molecule has 0 bridgehead atoms. The number of hydrogen-bond donors (Lipinski definition) is 0. The fraction of sp³-hybridized carbons (Fsp3) is 0.222. The summed E-state index contributed by atoms with van der Waals surface area (Å²) in [4.78, 5) is 13.4. The lowest BCUT2D eigenvalue weighted by Gasteiger charge is -2.20. The Morgan fingerprint density at radius 1 is 1.21 bits per heavy atom. The summed E-state index contributed by atoms with van der Waals surface area (Å²) < 4.78 is 7.90. The second-order valence-electron chi connectivity index (χ2n) is 5.43. The van der Waals surface area contributed by atoms with Crippen LogP contribution in [0.2, 0.25) is 0 Å². The van der Waals surface area contributed by atoms with Crippen molar-refractivity contribution in [3.8, 4) is 5.75 Å². The predicted molar refractivity (Wildman–Crippen MR) is 103 cm³/mol. The highest BCUT2D eigenvalue weighted by Crippen LogP contribution is 2.33. The third-order valence-corrected chi connectivity index (χ3v) is 4.96. The average Bonchev–Trinajstić information content (AvgIpc) is 3.00. The number of aryl methyl sites for hydroxylation is 2. The Morgan fingerprint density at radius 3 is 2.58 bits per heavy atom. The van der Waals surface area contributed by atoms with E-state index in [9.17, 15) is 4.79 Å². The van der Waals surface area contributed by atoms with Crippen molar-refractivity contribution >= 4 is 40.3 Å². The van der Waals surface area contributed by atoms with Gasteiger partial charge in [-0.2, -0.15) is 5.01 Å². The topological polar surface area (TPSA) is 34.5 Å². The van der Waals surface area contributed by atoms with Gasteiger partial charge < -0.3 is 4.74 Å². The summed E-state index contributed by atoms with van der Waals surface area (Å²) >= 11 is 6.75. The fourth-order valence-corrected chi connectivity index (χ4v) is 3.86. The first-order chi connectivity index (χ1) is 11.5. The predicted octanol–water partition coefficient (Wildman–Crippen LogP) is 4.04. The molecule has 0 N–H and O–H groups in total. The van der Waals surface area contributed by atoms with Crippen LogP contribution in [0.3, 0.4) is 0 Å². The van der Waals surface area contributed by atoms with E-state index >= 15 is 0 Å². The molecule has 2 aromatic rings. The molecule has 1 aliphatic rings. The van der Waals surface area contributed by atoms with Crippen LogP contribution in [-0.2, 0) is 4.79 Å². The molecule has 1 saturated heterocycles. The normalized spacial score (nSPS) is 16.3. The molecule has 0 aliphatic carbocycles. The quantitative estimate of drug-likeness (QED) is 0.610. The van der Waals surface area contributed by atoms with E-state index in [4.69, 9.17) is 17.0 Å². The van der Waals surface area contributed by atoms with Gasteiger partial charge in [-0.1, -0.05) is 23.9 Å². The number of thioether (sulfide) groups is 1. The molecule has 4 nitrogen and oxygen atoms in total. The SMILES string of the molecule is CCOc1cccc(/C=C2\SC(=S)N(n3c(C)ccc3C)C2=O)c1. The molecule has 0 spiro atoms. The molecule has 1 aliphatic heterocycles. The summed E-state index contributed by atoms with van der Waals surface area (Å²) in [6, 6.07) is 11.6. The Balaban J connectivity index is 1.93. The van der Waals surface area contributed by atoms with Crippen molar-refractivity contribution in [2.45, 2.75) is 20.8 Å². The number of hydrogen-bond acceptors (Lipinski definition) is 4. The maximum absolute atomic E-state index is 12.8. The van der Waals surface area contributed by atoms with Crippen LogP contribution in [0.15, 0.2) is 41.3 Å². The minimum Gasteiger partial charge on any atom is -0.494 e. The summed E-state index contributed by atoms with van der Waals surface area (Å²) in [7, 11) is 0. The minimum absolute atomic E-state index is 0.103. The molecule has 0 atom stereocenters. The molecule has 124 valence electrons. The number of nitrogens with zero attached hydrogens (tertiary/aromatic N) is 2. The van der Waals surface area contributed by atoms with Crippen LogP contribution in [-0.4, -0.2) is 21.5 Å². The van der Waals surface area contributed by atoms with E-state index in [-0.39, 0.29) is 5.91 Å². The van der Waals surface area contributed by atoms with Crippen LogP contribution in [0.5, 0.6) is 5.75 Å². The van der Waals surface area contributed by atoms with Crippen LogP contribution in [0, 0.1) is 13.8 Å². The van der Waals surface area contributed by atoms with Gasteiger partial charge >= 0.3 is 0 Å². The first-order valence-corrected chi connectivity index (χ1v) is 8.89. The summed E-state index contributed by atoms with van der Waals surface area (Å²) in [6.45, 7) is 6.47. The molecule has 1 fully saturated rings. The van der Waals surface area contributed by atoms with Crippen molar-refractivity contribution in [2.24, 2.45) is 0 Å². The van der Waals surface area contributed by atoms with Crippen LogP contribution in [0.25, 0.3) is 6.08 Å². The minimum atomic E-state index is -0.103. The molecule has 0 radical (unpaired) electrons. The van der Waals surface area contributed by atoms with Crippen molar-refractivity contribution < 1.29 is 9.53 Å². The Morgan fingerprint density at radius 2 is 1.92 bits per heavy atom. The molecular weight excluding hydrogens is 340 g/mol. The summed E-state index contributed by atoms with van der Waals surface area (Å²) in [5, 5.41) is 1.56. The van der Waals surface area contributed by atoms with Gasteiger partial charge in [-0.05, 0) is 68.9 Å². The third kappa shape index (κ3) is 3.12. The second kappa shape index (κ2) is 6.83. The van der Waals surface area contributed by atoms with Crippen LogP contribution in [0.4, 0.5) is 0 Å². The molecule has 0 unspecified atom stereocenters. The number of rotatable bonds is 4. The number of benzene rings is 1. The van der Waals surface area contributed by atoms with Gasteiger partial charge in [0.2, 0.25) is 0 Å². The Hall–Kier alpha value is -2.05. The Kier molecular flexibility index (Phi) is 4.78. The lowest BCUT2D eigenvalue weighted by molar-refractivity contribution is -0.114. The fourth-order valence-electron chi connectivity index (χ4n) is 2.62. The maximum Gasteiger partial charge on any atom is 0.285 e. The van der Waals surface area contributed by atoms with Gasteiger partial charge in [0.1, 0.15) is 5.75 Å². The zero-order valence-electron chi connectivity index (χ0n) is 13.8.